The highest BCUT2D eigenvalue weighted by atomic mass is 16.5. The van der Waals surface area contributed by atoms with Gasteiger partial charge in [-0.25, -0.2) is 0 Å². The van der Waals surface area contributed by atoms with Crippen LogP contribution in [0.25, 0.3) is 0 Å². The molecular formula is C8H11N3O2. The SMILES string of the molecule is N=C(N)c1ccncc1OCCO. The molecule has 70 valence electrons. The second-order valence-corrected chi connectivity index (χ2v) is 2.36. The van der Waals surface area contributed by atoms with E-state index >= 15 is 0 Å². The molecule has 0 radical (unpaired) electrons. The van der Waals surface area contributed by atoms with E-state index in [0.29, 0.717) is 11.3 Å². The summed E-state index contributed by atoms with van der Waals surface area (Å²) in [5.41, 5.74) is 5.79. The highest BCUT2D eigenvalue weighted by Gasteiger charge is 2.04. The first kappa shape index (κ1) is 9.47. The van der Waals surface area contributed by atoms with Crippen molar-refractivity contribution in [3.8, 4) is 5.75 Å². The molecule has 0 atom stereocenters. The van der Waals surface area contributed by atoms with Gasteiger partial charge in [-0.05, 0) is 6.07 Å². The first-order chi connectivity index (χ1) is 6.25. The predicted molar refractivity (Wildman–Crippen MR) is 47.8 cm³/mol. The van der Waals surface area contributed by atoms with E-state index < -0.39 is 0 Å². The van der Waals surface area contributed by atoms with Crippen LogP contribution in [0.2, 0.25) is 0 Å². The zero-order valence-electron chi connectivity index (χ0n) is 7.03. The Hall–Kier alpha value is -1.62. The average molecular weight is 181 g/mol. The van der Waals surface area contributed by atoms with E-state index in [-0.39, 0.29) is 19.0 Å². The van der Waals surface area contributed by atoms with Crippen LogP contribution in [-0.2, 0) is 0 Å². The van der Waals surface area contributed by atoms with Crippen molar-refractivity contribution in [3.05, 3.63) is 24.0 Å². The minimum Gasteiger partial charge on any atom is -0.489 e. The number of nitrogen functional groups attached to an aromatic ring is 1. The molecule has 1 aromatic heterocycles. The van der Waals surface area contributed by atoms with Crippen molar-refractivity contribution in [1.82, 2.24) is 4.98 Å². The van der Waals surface area contributed by atoms with Crippen molar-refractivity contribution >= 4 is 5.84 Å². The number of nitrogens with zero attached hydrogens (tertiary/aromatic N) is 1. The number of nitrogens with one attached hydrogen (secondary N) is 1. The fourth-order valence-electron chi connectivity index (χ4n) is 0.873. The van der Waals surface area contributed by atoms with E-state index in [1.54, 1.807) is 6.07 Å². The second-order valence-electron chi connectivity index (χ2n) is 2.36. The summed E-state index contributed by atoms with van der Waals surface area (Å²) in [6, 6.07) is 1.59. The lowest BCUT2D eigenvalue weighted by atomic mass is 10.2. The van der Waals surface area contributed by atoms with Gasteiger partial charge in [0.2, 0.25) is 0 Å². The van der Waals surface area contributed by atoms with Crippen LogP contribution in [0.15, 0.2) is 18.5 Å². The van der Waals surface area contributed by atoms with Gasteiger partial charge in [0.25, 0.3) is 0 Å². The smallest absolute Gasteiger partial charge is 0.148 e. The van der Waals surface area contributed by atoms with E-state index in [0.717, 1.165) is 0 Å². The molecule has 0 aliphatic rings. The third kappa shape index (κ3) is 2.41. The summed E-state index contributed by atoms with van der Waals surface area (Å²) in [4.78, 5) is 3.82. The molecule has 1 aromatic rings. The second kappa shape index (κ2) is 4.42. The zero-order chi connectivity index (χ0) is 9.68. The van der Waals surface area contributed by atoms with E-state index in [9.17, 15) is 0 Å². The van der Waals surface area contributed by atoms with Crippen LogP contribution in [0.4, 0.5) is 0 Å². The molecule has 0 aliphatic carbocycles. The number of aliphatic hydroxyl groups excluding tert-OH is 1. The number of aliphatic hydroxyl groups is 1. The maximum Gasteiger partial charge on any atom is 0.148 e. The Morgan fingerprint density at radius 1 is 1.69 bits per heavy atom. The standard InChI is InChI=1S/C8H11N3O2/c9-8(10)6-1-2-11-5-7(6)13-4-3-12/h1-2,5,12H,3-4H2,(H3,9,10). The molecule has 5 heteroatoms. The zero-order valence-corrected chi connectivity index (χ0v) is 7.03. The summed E-state index contributed by atoms with van der Waals surface area (Å²) in [6.45, 7) is 0.0954. The molecule has 1 rings (SSSR count). The Kier molecular flexibility index (Phi) is 3.22. The monoisotopic (exact) mass is 181 g/mol. The first-order valence-electron chi connectivity index (χ1n) is 3.77. The molecule has 0 spiro atoms. The lowest BCUT2D eigenvalue weighted by molar-refractivity contribution is 0.200. The molecule has 0 saturated carbocycles. The number of ether oxygens (including phenoxy) is 1. The van der Waals surface area contributed by atoms with Gasteiger partial charge in [-0.15, -0.1) is 0 Å². The minimum absolute atomic E-state index is 0.0738. The summed E-state index contributed by atoms with van der Waals surface area (Å²) in [6.07, 6.45) is 2.99. The van der Waals surface area contributed by atoms with Gasteiger partial charge in [-0.3, -0.25) is 10.4 Å². The molecular weight excluding hydrogens is 170 g/mol. The van der Waals surface area contributed by atoms with E-state index in [2.05, 4.69) is 4.98 Å². The lowest BCUT2D eigenvalue weighted by Crippen LogP contribution is -2.14. The number of hydrogen-bond acceptors (Lipinski definition) is 4. The van der Waals surface area contributed by atoms with Gasteiger partial charge in [0.15, 0.2) is 0 Å². The Morgan fingerprint density at radius 2 is 2.46 bits per heavy atom. The van der Waals surface area contributed by atoms with Gasteiger partial charge in [0, 0.05) is 6.20 Å². The lowest BCUT2D eigenvalue weighted by Gasteiger charge is -2.07. The molecule has 0 unspecified atom stereocenters. The average Bonchev–Trinajstić information content (AvgIpc) is 2.15. The third-order valence-electron chi connectivity index (χ3n) is 1.42. The number of nitrogens with two attached hydrogens (primary N) is 1. The van der Waals surface area contributed by atoms with Crippen LogP contribution in [0.3, 0.4) is 0 Å². The van der Waals surface area contributed by atoms with Crippen molar-refractivity contribution in [2.75, 3.05) is 13.2 Å². The van der Waals surface area contributed by atoms with Crippen molar-refractivity contribution in [2.24, 2.45) is 5.73 Å². The molecule has 1 heterocycles. The quantitative estimate of drug-likeness (QED) is 0.440. The van der Waals surface area contributed by atoms with Crippen molar-refractivity contribution in [2.45, 2.75) is 0 Å². The Labute approximate surface area is 75.7 Å². The molecule has 13 heavy (non-hydrogen) atoms. The predicted octanol–water partition coefficient (Wildman–Crippen LogP) is -0.263. The number of amidine groups is 1. The topological polar surface area (TPSA) is 92.2 Å². The molecule has 0 bridgehead atoms. The minimum atomic E-state index is -0.0771. The van der Waals surface area contributed by atoms with Gasteiger partial charge in [-0.2, -0.15) is 0 Å². The van der Waals surface area contributed by atoms with Gasteiger partial charge >= 0.3 is 0 Å². The van der Waals surface area contributed by atoms with E-state index in [4.69, 9.17) is 21.0 Å². The van der Waals surface area contributed by atoms with Crippen LogP contribution < -0.4 is 10.5 Å². The van der Waals surface area contributed by atoms with E-state index in [1.807, 2.05) is 0 Å². The molecule has 0 fully saturated rings. The summed E-state index contributed by atoms with van der Waals surface area (Å²) >= 11 is 0. The number of hydrogen-bond donors (Lipinski definition) is 3. The summed E-state index contributed by atoms with van der Waals surface area (Å²) in [7, 11) is 0. The fraction of sp³-hybridized carbons (Fsp3) is 0.250. The number of pyridine rings is 1. The van der Waals surface area contributed by atoms with Gasteiger partial charge in [0.1, 0.15) is 18.2 Å². The van der Waals surface area contributed by atoms with Crippen molar-refractivity contribution in [1.29, 1.82) is 5.41 Å². The molecule has 0 saturated heterocycles. The molecule has 4 N–H and O–H groups in total. The first-order valence-corrected chi connectivity index (χ1v) is 3.77. The molecule has 5 nitrogen and oxygen atoms in total. The maximum absolute atomic E-state index is 8.53. The molecule has 0 amide bonds. The van der Waals surface area contributed by atoms with Gasteiger partial charge in [-0.1, -0.05) is 0 Å². The normalized spacial score (nSPS) is 9.62. The van der Waals surface area contributed by atoms with Crippen LogP contribution in [0.5, 0.6) is 5.75 Å². The van der Waals surface area contributed by atoms with Crippen LogP contribution in [-0.4, -0.2) is 29.1 Å². The van der Waals surface area contributed by atoms with Gasteiger partial charge < -0.3 is 15.6 Å². The summed E-state index contributed by atoms with van der Waals surface area (Å²) in [5.74, 6) is 0.347. The Morgan fingerprint density at radius 3 is 3.08 bits per heavy atom. The highest BCUT2D eigenvalue weighted by Crippen LogP contribution is 2.14. The molecule has 0 aliphatic heterocycles. The third-order valence-corrected chi connectivity index (χ3v) is 1.42. The van der Waals surface area contributed by atoms with Crippen molar-refractivity contribution < 1.29 is 9.84 Å². The van der Waals surface area contributed by atoms with Crippen molar-refractivity contribution in [3.63, 3.8) is 0 Å². The fourth-order valence-corrected chi connectivity index (χ4v) is 0.873. The Bertz CT molecular complexity index is 301. The van der Waals surface area contributed by atoms with E-state index in [1.165, 1.54) is 12.4 Å². The van der Waals surface area contributed by atoms with Crippen LogP contribution in [0, 0.1) is 5.41 Å². The van der Waals surface area contributed by atoms with Crippen LogP contribution in [0.1, 0.15) is 5.56 Å². The Balaban J connectivity index is 2.84. The number of aromatic nitrogens is 1. The van der Waals surface area contributed by atoms with Crippen LogP contribution >= 0.6 is 0 Å². The highest BCUT2D eigenvalue weighted by molar-refractivity contribution is 5.97. The number of rotatable bonds is 4. The maximum atomic E-state index is 8.53. The summed E-state index contributed by atoms with van der Waals surface area (Å²) in [5, 5.41) is 15.7. The largest absolute Gasteiger partial charge is 0.489 e. The molecule has 0 aromatic carbocycles. The summed E-state index contributed by atoms with van der Waals surface area (Å²) < 4.78 is 5.11. The van der Waals surface area contributed by atoms with Gasteiger partial charge in [0.05, 0.1) is 18.4 Å².